The Morgan fingerprint density at radius 2 is 1.92 bits per heavy atom. The second-order valence-corrected chi connectivity index (χ2v) is 6.38. The number of rotatable bonds is 11. The average Bonchev–Trinajstić information content (AvgIpc) is 2.64. The minimum atomic E-state index is -0.309. The monoisotopic (exact) mass is 344 g/mol. The largest absolute Gasteiger partial charge is 0.381 e. The summed E-state index contributed by atoms with van der Waals surface area (Å²) in [6, 6.07) is 10.5. The molecule has 1 heterocycles. The summed E-state index contributed by atoms with van der Waals surface area (Å²) in [6.45, 7) is 6.86. The minimum absolute atomic E-state index is 0.309. The quantitative estimate of drug-likeness (QED) is 0.604. The van der Waals surface area contributed by atoms with Crippen molar-refractivity contribution < 1.29 is 4.74 Å². The lowest BCUT2D eigenvalue weighted by atomic mass is 10.2. The first-order valence-electron chi connectivity index (χ1n) is 9.39. The fourth-order valence-corrected chi connectivity index (χ4v) is 2.64. The van der Waals surface area contributed by atoms with Crippen LogP contribution >= 0.6 is 0 Å². The molecule has 1 atom stereocenters. The smallest absolute Gasteiger partial charge is 0.226 e. The molecule has 0 aliphatic carbocycles. The SMILES string of the molecule is CCCCNC1=C(N(C)Cc2ccccc2)NC(OCCCC)N=C1. The highest BCUT2D eigenvalue weighted by atomic mass is 16.5. The van der Waals surface area contributed by atoms with Crippen LogP contribution in [-0.4, -0.2) is 37.7 Å². The van der Waals surface area contributed by atoms with Crippen LogP contribution in [0.3, 0.4) is 0 Å². The van der Waals surface area contributed by atoms with Gasteiger partial charge in [-0.25, -0.2) is 4.99 Å². The van der Waals surface area contributed by atoms with Gasteiger partial charge in [-0.15, -0.1) is 0 Å². The van der Waals surface area contributed by atoms with Crippen molar-refractivity contribution in [1.82, 2.24) is 15.5 Å². The Hall–Kier alpha value is -2.01. The van der Waals surface area contributed by atoms with Gasteiger partial charge in [-0.05, 0) is 18.4 Å². The Morgan fingerprint density at radius 1 is 1.16 bits per heavy atom. The molecule has 1 aliphatic rings. The molecule has 5 nitrogen and oxygen atoms in total. The van der Waals surface area contributed by atoms with Crippen LogP contribution in [0.2, 0.25) is 0 Å². The van der Waals surface area contributed by atoms with Gasteiger partial charge in [0, 0.05) is 20.1 Å². The van der Waals surface area contributed by atoms with Crippen molar-refractivity contribution in [2.75, 3.05) is 20.2 Å². The second-order valence-electron chi connectivity index (χ2n) is 6.38. The molecule has 1 aromatic carbocycles. The van der Waals surface area contributed by atoms with E-state index in [9.17, 15) is 0 Å². The third kappa shape index (κ3) is 6.42. The van der Waals surface area contributed by atoms with Crippen LogP contribution in [0.15, 0.2) is 46.8 Å². The number of allylic oxidation sites excluding steroid dienone is 1. The number of nitrogens with zero attached hydrogens (tertiary/aromatic N) is 2. The zero-order valence-electron chi connectivity index (χ0n) is 15.8. The van der Waals surface area contributed by atoms with E-state index in [2.05, 4.69) is 65.7 Å². The van der Waals surface area contributed by atoms with Gasteiger partial charge in [0.1, 0.15) is 5.82 Å². The van der Waals surface area contributed by atoms with Gasteiger partial charge in [0.2, 0.25) is 6.35 Å². The van der Waals surface area contributed by atoms with Crippen molar-refractivity contribution in [3.8, 4) is 0 Å². The lowest BCUT2D eigenvalue weighted by molar-refractivity contribution is 0.0337. The summed E-state index contributed by atoms with van der Waals surface area (Å²) in [7, 11) is 2.10. The summed E-state index contributed by atoms with van der Waals surface area (Å²) < 4.78 is 5.83. The van der Waals surface area contributed by atoms with Gasteiger partial charge in [-0.3, -0.25) is 0 Å². The number of hydrogen-bond donors (Lipinski definition) is 2. The molecule has 0 bridgehead atoms. The van der Waals surface area contributed by atoms with E-state index in [1.54, 1.807) is 0 Å². The van der Waals surface area contributed by atoms with Crippen molar-refractivity contribution in [3.63, 3.8) is 0 Å². The van der Waals surface area contributed by atoms with Crippen LogP contribution in [0.5, 0.6) is 0 Å². The predicted molar refractivity (Wildman–Crippen MR) is 104 cm³/mol. The maximum atomic E-state index is 5.83. The second kappa shape index (κ2) is 10.8. The molecule has 0 amide bonds. The molecule has 25 heavy (non-hydrogen) atoms. The minimum Gasteiger partial charge on any atom is -0.381 e. The van der Waals surface area contributed by atoms with Crippen LogP contribution < -0.4 is 10.6 Å². The maximum absolute atomic E-state index is 5.83. The van der Waals surface area contributed by atoms with E-state index in [1.807, 2.05) is 12.3 Å². The fourth-order valence-electron chi connectivity index (χ4n) is 2.64. The zero-order chi connectivity index (χ0) is 17.9. The Kier molecular flexibility index (Phi) is 8.32. The summed E-state index contributed by atoms with van der Waals surface area (Å²) in [5.74, 6) is 1.04. The third-order valence-corrected chi connectivity index (χ3v) is 4.12. The highest BCUT2D eigenvalue weighted by Crippen LogP contribution is 2.14. The van der Waals surface area contributed by atoms with E-state index in [4.69, 9.17) is 4.74 Å². The van der Waals surface area contributed by atoms with Crippen LogP contribution in [0.4, 0.5) is 0 Å². The van der Waals surface area contributed by atoms with Gasteiger partial charge in [0.25, 0.3) is 0 Å². The Balaban J connectivity index is 2.05. The molecular weight excluding hydrogens is 312 g/mol. The molecule has 138 valence electrons. The summed E-state index contributed by atoms with van der Waals surface area (Å²) in [5, 5.41) is 6.93. The van der Waals surface area contributed by atoms with Gasteiger partial charge in [-0.1, -0.05) is 57.0 Å². The van der Waals surface area contributed by atoms with Crippen molar-refractivity contribution in [3.05, 3.63) is 47.4 Å². The van der Waals surface area contributed by atoms with E-state index in [-0.39, 0.29) is 6.35 Å². The lowest BCUT2D eigenvalue weighted by Crippen LogP contribution is -2.42. The first-order valence-corrected chi connectivity index (χ1v) is 9.39. The fraction of sp³-hybridized carbons (Fsp3) is 0.550. The Morgan fingerprint density at radius 3 is 2.64 bits per heavy atom. The number of ether oxygens (including phenoxy) is 1. The number of aliphatic imine (C=N–C) groups is 1. The number of nitrogens with one attached hydrogen (secondary N) is 2. The van der Waals surface area contributed by atoms with Gasteiger partial charge in [0.05, 0.1) is 18.5 Å². The molecule has 2 rings (SSSR count). The molecule has 0 fully saturated rings. The van der Waals surface area contributed by atoms with E-state index in [0.29, 0.717) is 0 Å². The van der Waals surface area contributed by atoms with Gasteiger partial charge < -0.3 is 20.3 Å². The van der Waals surface area contributed by atoms with E-state index in [0.717, 1.165) is 50.5 Å². The van der Waals surface area contributed by atoms with E-state index < -0.39 is 0 Å². The Bertz CT molecular complexity index is 556. The Labute approximate surface area is 152 Å². The first kappa shape index (κ1) is 19.3. The molecule has 0 saturated carbocycles. The van der Waals surface area contributed by atoms with Crippen LogP contribution in [0.1, 0.15) is 45.1 Å². The molecule has 1 aliphatic heterocycles. The van der Waals surface area contributed by atoms with E-state index >= 15 is 0 Å². The summed E-state index contributed by atoms with van der Waals surface area (Å²) in [5.41, 5.74) is 2.31. The molecule has 0 aromatic heterocycles. The summed E-state index contributed by atoms with van der Waals surface area (Å²) in [4.78, 5) is 6.71. The van der Waals surface area contributed by atoms with Gasteiger partial charge >= 0.3 is 0 Å². The van der Waals surface area contributed by atoms with E-state index in [1.165, 1.54) is 12.0 Å². The summed E-state index contributed by atoms with van der Waals surface area (Å²) in [6.07, 6.45) is 6.08. The molecule has 5 heteroatoms. The summed E-state index contributed by atoms with van der Waals surface area (Å²) >= 11 is 0. The highest BCUT2D eigenvalue weighted by molar-refractivity contribution is 5.79. The van der Waals surface area contributed by atoms with Crippen molar-refractivity contribution >= 4 is 6.21 Å². The van der Waals surface area contributed by atoms with Crippen molar-refractivity contribution in [2.24, 2.45) is 4.99 Å². The highest BCUT2D eigenvalue weighted by Gasteiger charge is 2.20. The van der Waals surface area contributed by atoms with Crippen molar-refractivity contribution in [2.45, 2.75) is 52.4 Å². The molecular formula is C20H32N4O. The van der Waals surface area contributed by atoms with Crippen molar-refractivity contribution in [1.29, 1.82) is 0 Å². The van der Waals surface area contributed by atoms with Gasteiger partial charge in [0.15, 0.2) is 0 Å². The predicted octanol–water partition coefficient (Wildman–Crippen LogP) is 3.45. The number of hydrogen-bond acceptors (Lipinski definition) is 5. The normalized spacial score (nSPS) is 16.7. The van der Waals surface area contributed by atoms with Crippen LogP contribution in [0.25, 0.3) is 0 Å². The number of unbranched alkanes of at least 4 members (excludes halogenated alkanes) is 2. The molecule has 1 aromatic rings. The third-order valence-electron chi connectivity index (χ3n) is 4.12. The molecule has 0 spiro atoms. The van der Waals surface area contributed by atoms with Crippen LogP contribution in [0, 0.1) is 0 Å². The van der Waals surface area contributed by atoms with Crippen LogP contribution in [-0.2, 0) is 11.3 Å². The maximum Gasteiger partial charge on any atom is 0.226 e. The first-order chi connectivity index (χ1) is 12.2. The average molecular weight is 345 g/mol. The topological polar surface area (TPSA) is 48.9 Å². The lowest BCUT2D eigenvalue weighted by Gasteiger charge is -2.31. The van der Waals surface area contributed by atoms with Gasteiger partial charge in [-0.2, -0.15) is 0 Å². The molecule has 2 N–H and O–H groups in total. The zero-order valence-corrected chi connectivity index (χ0v) is 15.8. The molecule has 0 saturated heterocycles. The number of benzene rings is 1. The standard InChI is InChI=1S/C20H32N4O/c1-4-6-13-21-18-15-22-20(25-14-7-5-2)23-19(18)24(3)16-17-11-9-8-10-12-17/h8-12,15,20-21,23H,4-7,13-14,16H2,1-3H3. The molecule has 0 radical (unpaired) electrons. The molecule has 1 unspecified atom stereocenters.